The Hall–Kier alpha value is -3.27. The van der Waals surface area contributed by atoms with Gasteiger partial charge < -0.3 is 14.9 Å². The van der Waals surface area contributed by atoms with Crippen LogP contribution in [0.15, 0.2) is 23.3 Å². The van der Waals surface area contributed by atoms with E-state index >= 15 is 0 Å². The highest BCUT2D eigenvalue weighted by molar-refractivity contribution is 5.77. The maximum absolute atomic E-state index is 13.0. The summed E-state index contributed by atoms with van der Waals surface area (Å²) in [6.45, 7) is 0.397. The van der Waals surface area contributed by atoms with Crippen molar-refractivity contribution in [3.8, 4) is 0 Å². The van der Waals surface area contributed by atoms with Crippen LogP contribution >= 0.6 is 0 Å². The van der Waals surface area contributed by atoms with E-state index in [0.717, 1.165) is 0 Å². The highest BCUT2D eigenvalue weighted by Gasteiger charge is 2.35. The molecule has 0 radical (unpaired) electrons. The lowest BCUT2D eigenvalue weighted by Crippen LogP contribution is -2.50. The summed E-state index contributed by atoms with van der Waals surface area (Å²) in [6, 6.07) is -0.120. The van der Waals surface area contributed by atoms with E-state index in [1.54, 1.807) is 10.00 Å². The van der Waals surface area contributed by atoms with E-state index in [0.29, 0.717) is 18.5 Å². The quantitative estimate of drug-likeness (QED) is 0.519. The number of alkyl halides is 6. The number of rotatable bonds is 7. The summed E-state index contributed by atoms with van der Waals surface area (Å²) in [4.78, 5) is 36.2. The van der Waals surface area contributed by atoms with Gasteiger partial charge in [-0.25, -0.2) is 15.1 Å². The van der Waals surface area contributed by atoms with Gasteiger partial charge in [-0.15, -0.1) is 0 Å². The number of nitrogens with zero attached hydrogens (tertiary/aromatic N) is 6. The first-order chi connectivity index (χ1) is 16.8. The molecule has 0 aliphatic carbocycles. The molecule has 0 bridgehead atoms. The molecule has 0 aromatic carbocycles. The lowest BCUT2D eigenvalue weighted by Gasteiger charge is -2.36. The Morgan fingerprint density at radius 1 is 1.11 bits per heavy atom. The molecule has 0 unspecified atom stereocenters. The molecule has 1 aliphatic heterocycles. The number of H-pyrrole nitrogens is 1. The molecule has 16 heteroatoms. The van der Waals surface area contributed by atoms with Crippen molar-refractivity contribution in [2.45, 2.75) is 31.4 Å². The fourth-order valence-corrected chi connectivity index (χ4v) is 3.60. The minimum Gasteiger partial charge on any atom is -0.395 e. The summed E-state index contributed by atoms with van der Waals surface area (Å²) >= 11 is 0. The largest absolute Gasteiger partial charge is 0.421 e. The summed E-state index contributed by atoms with van der Waals surface area (Å²) in [5, 5.41) is 15.1. The summed E-state index contributed by atoms with van der Waals surface area (Å²) in [5.41, 5.74) is -3.83. The number of piperazine rings is 1. The Bertz CT molecular complexity index is 1100. The minimum absolute atomic E-state index is 0.0968. The molecule has 36 heavy (non-hydrogen) atoms. The van der Waals surface area contributed by atoms with Crippen molar-refractivity contribution in [1.29, 1.82) is 0 Å². The van der Waals surface area contributed by atoms with E-state index in [-0.39, 0.29) is 56.7 Å². The molecule has 3 rings (SSSR count). The number of nitrogens with one attached hydrogen (secondary N) is 1. The average Bonchev–Trinajstić information content (AvgIpc) is 2.82. The zero-order chi connectivity index (χ0) is 26.7. The van der Waals surface area contributed by atoms with Crippen LogP contribution < -0.4 is 10.5 Å². The third-order valence-electron chi connectivity index (χ3n) is 5.70. The molecular weight excluding hydrogens is 500 g/mol. The number of aromatic nitrogens is 4. The van der Waals surface area contributed by atoms with Gasteiger partial charge in [-0.2, -0.15) is 31.4 Å². The Morgan fingerprint density at radius 3 is 2.25 bits per heavy atom. The number of likely N-dealkylation sites (N-methyl/N-ethyl adjacent to an activating group) is 1. The molecule has 0 spiro atoms. The van der Waals surface area contributed by atoms with Gasteiger partial charge in [-0.3, -0.25) is 14.5 Å². The van der Waals surface area contributed by atoms with Crippen molar-refractivity contribution >= 4 is 11.9 Å². The molecule has 1 saturated heterocycles. The van der Waals surface area contributed by atoms with E-state index in [1.807, 2.05) is 0 Å². The second kappa shape index (κ2) is 10.8. The van der Waals surface area contributed by atoms with Crippen molar-refractivity contribution in [2.75, 3.05) is 44.7 Å². The molecule has 1 amide bonds. The number of hydrogen-bond donors (Lipinski definition) is 2. The average molecular weight is 523 g/mol. The number of aliphatic hydroxyl groups excluding tert-OH is 1. The van der Waals surface area contributed by atoms with Gasteiger partial charge in [-0.1, -0.05) is 0 Å². The topological polar surface area (TPSA) is 119 Å². The molecule has 1 aliphatic rings. The second-order valence-electron chi connectivity index (χ2n) is 8.19. The van der Waals surface area contributed by atoms with Gasteiger partial charge in [0.25, 0.3) is 5.56 Å². The first kappa shape index (κ1) is 27.3. The van der Waals surface area contributed by atoms with Crippen LogP contribution in [-0.2, 0) is 23.7 Å². The number of carbonyl (C=O) groups excluding carboxylic acids is 1. The van der Waals surface area contributed by atoms with Gasteiger partial charge in [0.15, 0.2) is 0 Å². The molecular formula is C20H23F6N7O3. The molecule has 2 aromatic heterocycles. The maximum atomic E-state index is 13.0. The molecule has 0 saturated carbocycles. The van der Waals surface area contributed by atoms with Crippen LogP contribution in [0.4, 0.5) is 32.3 Å². The van der Waals surface area contributed by atoms with Crippen molar-refractivity contribution < 1.29 is 36.2 Å². The molecule has 1 fully saturated rings. The maximum Gasteiger partial charge on any atom is 0.421 e. The van der Waals surface area contributed by atoms with E-state index in [1.165, 1.54) is 16.8 Å². The van der Waals surface area contributed by atoms with E-state index in [2.05, 4.69) is 15.1 Å². The lowest BCUT2D eigenvalue weighted by molar-refractivity contribution is -0.139. The first-order valence-corrected chi connectivity index (χ1v) is 10.7. The fraction of sp³-hybridized carbons (Fsp3) is 0.550. The van der Waals surface area contributed by atoms with Crippen molar-refractivity contribution in [3.05, 3.63) is 45.6 Å². The number of amides is 1. The van der Waals surface area contributed by atoms with Crippen LogP contribution in [0.1, 0.15) is 23.2 Å². The Labute approximate surface area is 200 Å². The zero-order valence-electron chi connectivity index (χ0n) is 19.0. The standard InChI is InChI=1S/C20H23F6N7O3/c1-31(10-13-6-15(20(24,25)26)17(36)30-29-13)14(11-34)7-16(35)32-2-4-33(5-3-32)18-27-8-12(9-28-18)19(21,22)23/h6,8-9,14,34H,2-5,7,10-11H2,1H3,(H,30,36)/t14-/m1/s1. The molecule has 10 nitrogen and oxygen atoms in total. The highest BCUT2D eigenvalue weighted by Crippen LogP contribution is 2.29. The third-order valence-corrected chi connectivity index (χ3v) is 5.70. The second-order valence-corrected chi connectivity index (χ2v) is 8.19. The van der Waals surface area contributed by atoms with Crippen LogP contribution in [0.2, 0.25) is 0 Å². The summed E-state index contributed by atoms with van der Waals surface area (Å²) in [7, 11) is 1.49. The molecule has 198 valence electrons. The van der Waals surface area contributed by atoms with Gasteiger partial charge in [0.05, 0.1) is 17.9 Å². The third kappa shape index (κ3) is 6.69. The number of hydrogen-bond acceptors (Lipinski definition) is 8. The van der Waals surface area contributed by atoms with E-state index in [4.69, 9.17) is 0 Å². The highest BCUT2D eigenvalue weighted by atomic mass is 19.4. The van der Waals surface area contributed by atoms with Crippen LogP contribution in [0, 0.1) is 0 Å². The van der Waals surface area contributed by atoms with Gasteiger partial charge in [0, 0.05) is 57.6 Å². The number of carbonyl (C=O) groups is 1. The number of anilines is 1. The molecule has 2 aromatic rings. The Morgan fingerprint density at radius 2 is 1.72 bits per heavy atom. The molecule has 1 atom stereocenters. The minimum atomic E-state index is -4.86. The van der Waals surface area contributed by atoms with Crippen LogP contribution in [0.25, 0.3) is 0 Å². The van der Waals surface area contributed by atoms with Crippen molar-refractivity contribution in [2.24, 2.45) is 0 Å². The van der Waals surface area contributed by atoms with Crippen molar-refractivity contribution in [1.82, 2.24) is 30.0 Å². The SMILES string of the molecule is CN(Cc1cc(C(F)(F)F)c(=O)[nH]n1)[C@@H](CO)CC(=O)N1CCN(c2ncc(C(F)(F)F)cn2)CC1. The number of aliphatic hydroxyl groups is 1. The van der Waals surface area contributed by atoms with Crippen LogP contribution in [-0.4, -0.2) is 86.9 Å². The molecule has 2 N–H and O–H groups in total. The Kier molecular flexibility index (Phi) is 8.18. The Balaban J connectivity index is 1.56. The van der Waals surface area contributed by atoms with E-state index in [9.17, 15) is 41.0 Å². The number of aromatic amines is 1. The van der Waals surface area contributed by atoms with Crippen LogP contribution in [0.3, 0.4) is 0 Å². The van der Waals surface area contributed by atoms with Gasteiger partial charge in [0.2, 0.25) is 11.9 Å². The summed E-state index contributed by atoms with van der Waals surface area (Å²) in [5.74, 6) is -0.214. The smallest absolute Gasteiger partial charge is 0.395 e. The molecule has 3 heterocycles. The predicted molar refractivity (Wildman–Crippen MR) is 113 cm³/mol. The van der Waals surface area contributed by atoms with Gasteiger partial charge in [0.1, 0.15) is 5.56 Å². The summed E-state index contributed by atoms with van der Waals surface area (Å²) in [6.07, 6.45) is -8.16. The van der Waals surface area contributed by atoms with E-state index < -0.39 is 41.7 Å². The normalized spacial score (nSPS) is 15.9. The van der Waals surface area contributed by atoms with Crippen molar-refractivity contribution in [3.63, 3.8) is 0 Å². The summed E-state index contributed by atoms with van der Waals surface area (Å²) < 4.78 is 76.9. The number of halogens is 6. The van der Waals surface area contributed by atoms with Gasteiger partial charge in [-0.05, 0) is 13.1 Å². The monoisotopic (exact) mass is 523 g/mol. The van der Waals surface area contributed by atoms with Crippen LogP contribution in [0.5, 0.6) is 0 Å². The lowest BCUT2D eigenvalue weighted by atomic mass is 10.1. The van der Waals surface area contributed by atoms with Gasteiger partial charge >= 0.3 is 12.4 Å². The fourth-order valence-electron chi connectivity index (χ4n) is 3.60. The predicted octanol–water partition coefficient (Wildman–Crippen LogP) is 1.13. The zero-order valence-corrected chi connectivity index (χ0v) is 19.0. The first-order valence-electron chi connectivity index (χ1n) is 10.7.